The molecule has 7 nitrogen and oxygen atoms in total. The second kappa shape index (κ2) is 8.32. The van der Waals surface area contributed by atoms with Crippen LogP contribution in [0.3, 0.4) is 0 Å². The van der Waals surface area contributed by atoms with Crippen molar-refractivity contribution in [1.82, 2.24) is 15.2 Å². The number of methoxy groups -OCH3 is 1. The zero-order valence-electron chi connectivity index (χ0n) is 15.7. The number of fused-ring (bicyclic) bond motifs is 3. The zero-order chi connectivity index (χ0) is 20.2. The van der Waals surface area contributed by atoms with Crippen LogP contribution in [-0.4, -0.2) is 34.0 Å². The number of thioether (sulfide) groups is 1. The summed E-state index contributed by atoms with van der Waals surface area (Å²) in [5.74, 6) is 0.683. The summed E-state index contributed by atoms with van der Waals surface area (Å²) in [6, 6.07) is 14.8. The van der Waals surface area contributed by atoms with E-state index in [1.54, 1.807) is 18.2 Å². The number of ether oxygens (including phenoxy) is 2. The molecule has 1 N–H and O–H groups in total. The number of aromatic nitrogens is 3. The van der Waals surface area contributed by atoms with Gasteiger partial charge in [0.05, 0.1) is 12.7 Å². The number of carbonyl (C=O) groups is 1. The van der Waals surface area contributed by atoms with E-state index in [1.807, 2.05) is 36.4 Å². The summed E-state index contributed by atoms with van der Waals surface area (Å²) in [6.45, 7) is 3.71. The van der Waals surface area contributed by atoms with Crippen molar-refractivity contribution >= 4 is 23.4 Å². The molecule has 1 atom stereocenters. The third-order valence-electron chi connectivity index (χ3n) is 4.30. The standard InChI is InChI=1S/C21H18N4O3S/c1-3-12-29-21-23-19-17(24-25-21)15-6-4-5-7-16(15)22-18(28-19)13-8-10-14(11-9-13)20(26)27-2/h3-11,18,22H,1,12H2,2H3/t18-/m1/s1. The Labute approximate surface area is 172 Å². The lowest BCUT2D eigenvalue weighted by Gasteiger charge is -2.19. The summed E-state index contributed by atoms with van der Waals surface area (Å²) in [6.07, 6.45) is 1.27. The van der Waals surface area contributed by atoms with Crippen LogP contribution in [0.2, 0.25) is 0 Å². The van der Waals surface area contributed by atoms with Gasteiger partial charge in [0.1, 0.15) is 0 Å². The fraction of sp³-hybridized carbons (Fsp3) is 0.143. The van der Waals surface area contributed by atoms with Gasteiger partial charge < -0.3 is 14.8 Å². The molecule has 146 valence electrons. The molecule has 3 aromatic rings. The number of benzene rings is 2. The molecule has 29 heavy (non-hydrogen) atoms. The highest BCUT2D eigenvalue weighted by atomic mass is 32.2. The maximum Gasteiger partial charge on any atom is 0.337 e. The van der Waals surface area contributed by atoms with Crippen molar-refractivity contribution in [2.45, 2.75) is 11.4 Å². The van der Waals surface area contributed by atoms with E-state index in [-0.39, 0.29) is 5.97 Å². The van der Waals surface area contributed by atoms with Gasteiger partial charge in [-0.05, 0) is 18.2 Å². The maximum atomic E-state index is 11.7. The number of nitrogens with zero attached hydrogens (tertiary/aromatic N) is 3. The van der Waals surface area contributed by atoms with Crippen LogP contribution in [0.5, 0.6) is 5.88 Å². The van der Waals surface area contributed by atoms with Gasteiger partial charge in [-0.1, -0.05) is 48.2 Å². The molecule has 1 aliphatic rings. The van der Waals surface area contributed by atoms with Crippen LogP contribution >= 0.6 is 11.8 Å². The summed E-state index contributed by atoms with van der Waals surface area (Å²) >= 11 is 1.43. The second-order valence-electron chi connectivity index (χ2n) is 6.15. The lowest BCUT2D eigenvalue weighted by Crippen LogP contribution is -2.17. The van der Waals surface area contributed by atoms with Gasteiger partial charge in [-0.15, -0.1) is 16.8 Å². The van der Waals surface area contributed by atoms with Crippen LogP contribution < -0.4 is 10.1 Å². The smallest absolute Gasteiger partial charge is 0.337 e. The normalized spacial score (nSPS) is 14.4. The number of rotatable bonds is 5. The van der Waals surface area contributed by atoms with Crippen molar-refractivity contribution < 1.29 is 14.3 Å². The first-order valence-corrected chi connectivity index (χ1v) is 9.87. The molecule has 0 spiro atoms. The fourth-order valence-corrected chi connectivity index (χ4v) is 3.42. The number of hydrogen-bond acceptors (Lipinski definition) is 8. The highest BCUT2D eigenvalue weighted by Gasteiger charge is 2.26. The van der Waals surface area contributed by atoms with Gasteiger partial charge in [-0.2, -0.15) is 4.98 Å². The van der Waals surface area contributed by atoms with Crippen molar-refractivity contribution in [3.05, 3.63) is 72.3 Å². The van der Waals surface area contributed by atoms with Crippen molar-refractivity contribution in [2.24, 2.45) is 0 Å². The molecule has 8 heteroatoms. The molecule has 0 saturated carbocycles. The molecule has 0 aliphatic carbocycles. The highest BCUT2D eigenvalue weighted by molar-refractivity contribution is 7.99. The molecule has 1 aliphatic heterocycles. The minimum atomic E-state index is -0.516. The van der Waals surface area contributed by atoms with Crippen molar-refractivity contribution in [2.75, 3.05) is 18.2 Å². The Morgan fingerprint density at radius 2 is 2.03 bits per heavy atom. The second-order valence-corrected chi connectivity index (χ2v) is 7.14. The molecular weight excluding hydrogens is 388 g/mol. The van der Waals surface area contributed by atoms with E-state index in [9.17, 15) is 4.79 Å². The predicted molar refractivity (Wildman–Crippen MR) is 111 cm³/mol. The fourth-order valence-electron chi connectivity index (χ4n) is 2.90. The van der Waals surface area contributed by atoms with E-state index in [0.717, 1.165) is 16.8 Å². The number of anilines is 1. The molecule has 0 unspecified atom stereocenters. The van der Waals surface area contributed by atoms with Gasteiger partial charge in [0.2, 0.25) is 11.0 Å². The summed E-state index contributed by atoms with van der Waals surface area (Å²) < 4.78 is 11.0. The van der Waals surface area contributed by atoms with Crippen molar-refractivity contribution in [3.8, 4) is 17.1 Å². The summed E-state index contributed by atoms with van der Waals surface area (Å²) in [5.41, 5.74) is 3.59. The summed E-state index contributed by atoms with van der Waals surface area (Å²) in [5, 5.41) is 12.5. The summed E-state index contributed by atoms with van der Waals surface area (Å²) in [7, 11) is 1.36. The van der Waals surface area contributed by atoms with Gasteiger partial charge >= 0.3 is 5.97 Å². The number of para-hydroxylation sites is 1. The first kappa shape index (κ1) is 18.9. The lowest BCUT2D eigenvalue weighted by molar-refractivity contribution is 0.0600. The number of esters is 1. The highest BCUT2D eigenvalue weighted by Crippen LogP contribution is 2.39. The first-order chi connectivity index (χ1) is 14.2. The van der Waals surface area contributed by atoms with Crippen molar-refractivity contribution in [1.29, 1.82) is 0 Å². The Balaban J connectivity index is 1.73. The molecule has 0 fully saturated rings. The van der Waals surface area contributed by atoms with E-state index in [0.29, 0.717) is 28.0 Å². The molecular formula is C21H18N4O3S. The number of hydrogen-bond donors (Lipinski definition) is 1. The number of nitrogens with one attached hydrogen (secondary N) is 1. The summed E-state index contributed by atoms with van der Waals surface area (Å²) in [4.78, 5) is 16.3. The van der Waals surface area contributed by atoms with E-state index < -0.39 is 6.23 Å². The van der Waals surface area contributed by atoms with Gasteiger partial charge in [0.15, 0.2) is 11.9 Å². The average Bonchev–Trinajstić information content (AvgIpc) is 2.93. The quantitative estimate of drug-likeness (QED) is 0.385. The average molecular weight is 406 g/mol. The monoisotopic (exact) mass is 406 g/mol. The van der Waals surface area contributed by atoms with Gasteiger partial charge in [0.25, 0.3) is 0 Å². The molecule has 0 bridgehead atoms. The van der Waals surface area contributed by atoms with E-state index in [1.165, 1.54) is 18.9 Å². The minimum Gasteiger partial charge on any atom is -0.465 e. The van der Waals surface area contributed by atoms with Crippen LogP contribution in [0, 0.1) is 0 Å². The lowest BCUT2D eigenvalue weighted by atomic mass is 10.1. The Hall–Kier alpha value is -3.39. The largest absolute Gasteiger partial charge is 0.465 e. The van der Waals surface area contributed by atoms with Gasteiger partial charge in [-0.3, -0.25) is 0 Å². The van der Waals surface area contributed by atoms with Crippen molar-refractivity contribution in [3.63, 3.8) is 0 Å². The zero-order valence-corrected chi connectivity index (χ0v) is 16.5. The van der Waals surface area contributed by atoms with Crippen LogP contribution in [0.1, 0.15) is 22.1 Å². The Morgan fingerprint density at radius 1 is 1.24 bits per heavy atom. The third kappa shape index (κ3) is 3.93. The van der Waals surface area contributed by atoms with E-state index >= 15 is 0 Å². The van der Waals surface area contributed by atoms with Crippen LogP contribution in [0.4, 0.5) is 5.69 Å². The number of carbonyl (C=O) groups excluding carboxylic acids is 1. The minimum absolute atomic E-state index is 0.386. The van der Waals surface area contributed by atoms with E-state index in [2.05, 4.69) is 27.1 Å². The molecule has 0 radical (unpaired) electrons. The Morgan fingerprint density at radius 3 is 2.79 bits per heavy atom. The first-order valence-electron chi connectivity index (χ1n) is 8.89. The molecule has 1 aromatic heterocycles. The van der Waals surface area contributed by atoms with Crippen LogP contribution in [0.15, 0.2) is 66.3 Å². The van der Waals surface area contributed by atoms with Gasteiger partial charge in [0, 0.05) is 22.6 Å². The Bertz CT molecular complexity index is 1060. The molecule has 0 saturated heterocycles. The Kier molecular flexibility index (Phi) is 5.44. The molecule has 4 rings (SSSR count). The molecule has 0 amide bonds. The topological polar surface area (TPSA) is 86.2 Å². The van der Waals surface area contributed by atoms with Gasteiger partial charge in [-0.25, -0.2) is 4.79 Å². The predicted octanol–water partition coefficient (Wildman–Crippen LogP) is 4.11. The van der Waals surface area contributed by atoms with E-state index in [4.69, 9.17) is 9.47 Å². The third-order valence-corrected chi connectivity index (χ3v) is 5.13. The molecule has 2 heterocycles. The van der Waals surface area contributed by atoms with Crippen LogP contribution in [-0.2, 0) is 4.74 Å². The SMILES string of the molecule is C=CCSc1nnc2c(n1)O[C@H](c1ccc(C(=O)OC)cc1)Nc1ccccc1-2. The molecule has 2 aromatic carbocycles. The van der Waals surface area contributed by atoms with Crippen LogP contribution in [0.25, 0.3) is 11.3 Å². The maximum absolute atomic E-state index is 11.7.